The van der Waals surface area contributed by atoms with Crippen molar-refractivity contribution >= 4 is 10.9 Å². The highest BCUT2D eigenvalue weighted by Gasteiger charge is 2.27. The molecule has 0 radical (unpaired) electrons. The van der Waals surface area contributed by atoms with Gasteiger partial charge in [-0.2, -0.15) is 5.10 Å². The lowest BCUT2D eigenvalue weighted by atomic mass is 10.2. The van der Waals surface area contributed by atoms with Crippen molar-refractivity contribution in [2.45, 2.75) is 19.0 Å². The summed E-state index contributed by atoms with van der Waals surface area (Å²) in [7, 11) is 3.31. The van der Waals surface area contributed by atoms with E-state index in [1.165, 1.54) is 10.9 Å². The summed E-state index contributed by atoms with van der Waals surface area (Å²) in [6, 6.07) is 10.6. The second kappa shape index (κ2) is 6.72. The maximum Gasteiger partial charge on any atom is 0.183 e. The number of methoxy groups -OCH3 is 2. The average molecular weight is 338 g/mol. The highest BCUT2D eigenvalue weighted by atomic mass is 16.5. The second-order valence-electron chi connectivity index (χ2n) is 6.32. The summed E-state index contributed by atoms with van der Waals surface area (Å²) in [4.78, 5) is 6.88. The summed E-state index contributed by atoms with van der Waals surface area (Å²) in [5.41, 5.74) is 2.11. The number of para-hydroxylation sites is 1. The van der Waals surface area contributed by atoms with Crippen molar-refractivity contribution < 1.29 is 9.47 Å². The SMILES string of the molecule is COc1ccnc(CN2CCC(n3ncc4ccccc43)C2)c1OC. The van der Waals surface area contributed by atoms with E-state index in [4.69, 9.17) is 9.47 Å². The van der Waals surface area contributed by atoms with Crippen LogP contribution in [0.4, 0.5) is 0 Å². The number of fused-ring (bicyclic) bond motifs is 1. The molecule has 1 unspecified atom stereocenters. The van der Waals surface area contributed by atoms with Crippen LogP contribution in [0.3, 0.4) is 0 Å². The van der Waals surface area contributed by atoms with Crippen LogP contribution < -0.4 is 9.47 Å². The predicted molar refractivity (Wildman–Crippen MR) is 96.0 cm³/mol. The average Bonchev–Trinajstić information content (AvgIpc) is 3.28. The Labute approximate surface area is 147 Å². The van der Waals surface area contributed by atoms with Crippen LogP contribution in [0.15, 0.2) is 42.7 Å². The van der Waals surface area contributed by atoms with Gasteiger partial charge in [-0.25, -0.2) is 0 Å². The number of hydrogen-bond acceptors (Lipinski definition) is 5. The summed E-state index contributed by atoms with van der Waals surface area (Å²) in [6.07, 6.45) is 4.80. The number of likely N-dealkylation sites (tertiary alicyclic amines) is 1. The fraction of sp³-hybridized carbons (Fsp3) is 0.368. The van der Waals surface area contributed by atoms with Gasteiger partial charge in [-0.05, 0) is 12.5 Å². The van der Waals surface area contributed by atoms with E-state index in [9.17, 15) is 0 Å². The van der Waals surface area contributed by atoms with Crippen molar-refractivity contribution in [3.63, 3.8) is 0 Å². The van der Waals surface area contributed by atoms with E-state index in [-0.39, 0.29) is 0 Å². The minimum Gasteiger partial charge on any atom is -0.493 e. The molecule has 6 nitrogen and oxygen atoms in total. The van der Waals surface area contributed by atoms with Crippen LogP contribution >= 0.6 is 0 Å². The second-order valence-corrected chi connectivity index (χ2v) is 6.32. The molecule has 25 heavy (non-hydrogen) atoms. The molecule has 0 aliphatic carbocycles. The van der Waals surface area contributed by atoms with Gasteiger partial charge in [0, 0.05) is 37.3 Å². The van der Waals surface area contributed by atoms with Gasteiger partial charge in [0.05, 0.1) is 32.0 Å². The van der Waals surface area contributed by atoms with E-state index < -0.39 is 0 Å². The van der Waals surface area contributed by atoms with E-state index in [0.717, 1.165) is 43.2 Å². The summed E-state index contributed by atoms with van der Waals surface area (Å²) in [6.45, 7) is 2.71. The van der Waals surface area contributed by atoms with Gasteiger partial charge in [0.25, 0.3) is 0 Å². The molecule has 1 aromatic carbocycles. The standard InChI is InChI=1S/C19H22N4O2/c1-24-18-7-9-20-16(19(18)25-2)13-22-10-8-15(12-22)23-17-6-4-3-5-14(17)11-21-23/h3-7,9,11,15H,8,10,12-13H2,1-2H3. The Bertz CT molecular complexity index is 877. The first-order chi connectivity index (χ1) is 12.3. The molecule has 1 fully saturated rings. The quantitative estimate of drug-likeness (QED) is 0.716. The first-order valence-corrected chi connectivity index (χ1v) is 8.50. The zero-order chi connectivity index (χ0) is 17.2. The number of pyridine rings is 1. The molecule has 0 bridgehead atoms. The number of rotatable bonds is 5. The zero-order valence-corrected chi connectivity index (χ0v) is 14.6. The lowest BCUT2D eigenvalue weighted by Crippen LogP contribution is -2.22. The van der Waals surface area contributed by atoms with Gasteiger partial charge in [-0.1, -0.05) is 18.2 Å². The smallest absolute Gasteiger partial charge is 0.183 e. The first-order valence-electron chi connectivity index (χ1n) is 8.50. The molecule has 1 aliphatic heterocycles. The van der Waals surface area contributed by atoms with Crippen LogP contribution in [0, 0.1) is 0 Å². The molecule has 4 rings (SSSR count). The first kappa shape index (κ1) is 15.9. The molecule has 0 spiro atoms. The molecule has 0 amide bonds. The Morgan fingerprint density at radius 2 is 2.04 bits per heavy atom. The van der Waals surface area contributed by atoms with Crippen LogP contribution in [0.2, 0.25) is 0 Å². The Balaban J connectivity index is 1.52. The molecule has 1 saturated heterocycles. The van der Waals surface area contributed by atoms with E-state index in [0.29, 0.717) is 6.04 Å². The van der Waals surface area contributed by atoms with Crippen molar-refractivity contribution in [2.75, 3.05) is 27.3 Å². The third-order valence-corrected chi connectivity index (χ3v) is 4.84. The highest BCUT2D eigenvalue weighted by Crippen LogP contribution is 2.32. The number of ether oxygens (including phenoxy) is 2. The number of aromatic nitrogens is 3. The third kappa shape index (κ3) is 2.93. The molecule has 0 saturated carbocycles. The molecular weight excluding hydrogens is 316 g/mol. The highest BCUT2D eigenvalue weighted by molar-refractivity contribution is 5.78. The molecule has 0 N–H and O–H groups in total. The van der Waals surface area contributed by atoms with Crippen molar-refractivity contribution in [1.82, 2.24) is 19.7 Å². The fourth-order valence-corrected chi connectivity index (χ4v) is 3.61. The number of hydrogen-bond donors (Lipinski definition) is 0. The molecule has 6 heteroatoms. The fourth-order valence-electron chi connectivity index (χ4n) is 3.61. The lowest BCUT2D eigenvalue weighted by Gasteiger charge is -2.18. The number of benzene rings is 1. The molecule has 1 atom stereocenters. The summed E-state index contributed by atoms with van der Waals surface area (Å²) in [5, 5.41) is 5.80. The van der Waals surface area contributed by atoms with Crippen molar-refractivity contribution in [1.29, 1.82) is 0 Å². The monoisotopic (exact) mass is 338 g/mol. The molecule has 130 valence electrons. The maximum atomic E-state index is 5.50. The van der Waals surface area contributed by atoms with E-state index in [2.05, 4.69) is 43.9 Å². The van der Waals surface area contributed by atoms with Crippen molar-refractivity contribution in [3.05, 3.63) is 48.4 Å². The minimum absolute atomic E-state index is 0.386. The normalized spacial score (nSPS) is 17.9. The van der Waals surface area contributed by atoms with Gasteiger partial charge in [-0.3, -0.25) is 14.6 Å². The zero-order valence-electron chi connectivity index (χ0n) is 14.6. The van der Waals surface area contributed by atoms with Gasteiger partial charge < -0.3 is 9.47 Å². The van der Waals surface area contributed by atoms with Crippen LogP contribution in [0.1, 0.15) is 18.2 Å². The molecule has 2 aromatic heterocycles. The van der Waals surface area contributed by atoms with E-state index in [1.807, 2.05) is 12.3 Å². The number of nitrogens with zero attached hydrogens (tertiary/aromatic N) is 4. The Kier molecular flexibility index (Phi) is 4.28. The van der Waals surface area contributed by atoms with Gasteiger partial charge in [-0.15, -0.1) is 0 Å². The topological polar surface area (TPSA) is 52.4 Å². The van der Waals surface area contributed by atoms with Crippen molar-refractivity contribution in [2.24, 2.45) is 0 Å². The lowest BCUT2D eigenvalue weighted by molar-refractivity contribution is 0.295. The Morgan fingerprint density at radius 1 is 1.16 bits per heavy atom. The van der Waals surface area contributed by atoms with Crippen LogP contribution in [0.5, 0.6) is 11.5 Å². The van der Waals surface area contributed by atoms with Gasteiger partial charge in [0.1, 0.15) is 5.69 Å². The molecule has 3 aromatic rings. The summed E-state index contributed by atoms with van der Waals surface area (Å²) >= 11 is 0. The summed E-state index contributed by atoms with van der Waals surface area (Å²) in [5.74, 6) is 1.44. The summed E-state index contributed by atoms with van der Waals surface area (Å²) < 4.78 is 13.0. The van der Waals surface area contributed by atoms with Gasteiger partial charge >= 0.3 is 0 Å². The predicted octanol–water partition coefficient (Wildman–Crippen LogP) is 2.90. The van der Waals surface area contributed by atoms with Gasteiger partial charge in [0.15, 0.2) is 11.5 Å². The van der Waals surface area contributed by atoms with E-state index in [1.54, 1.807) is 20.4 Å². The Hall–Kier alpha value is -2.60. The van der Waals surface area contributed by atoms with Crippen molar-refractivity contribution in [3.8, 4) is 11.5 Å². The van der Waals surface area contributed by atoms with Gasteiger partial charge in [0.2, 0.25) is 0 Å². The Morgan fingerprint density at radius 3 is 2.88 bits per heavy atom. The van der Waals surface area contributed by atoms with Crippen LogP contribution in [-0.2, 0) is 6.54 Å². The maximum absolute atomic E-state index is 5.50. The largest absolute Gasteiger partial charge is 0.493 e. The third-order valence-electron chi connectivity index (χ3n) is 4.84. The van der Waals surface area contributed by atoms with E-state index >= 15 is 0 Å². The van der Waals surface area contributed by atoms with Crippen LogP contribution in [-0.4, -0.2) is 47.0 Å². The minimum atomic E-state index is 0.386. The molecule has 3 heterocycles. The van der Waals surface area contributed by atoms with Crippen LogP contribution in [0.25, 0.3) is 10.9 Å². The molecule has 1 aliphatic rings. The molecular formula is C19H22N4O2.